The zero-order valence-corrected chi connectivity index (χ0v) is 40.3. The van der Waals surface area contributed by atoms with Crippen molar-refractivity contribution in [3.05, 3.63) is 191 Å². The number of halogens is 13. The van der Waals surface area contributed by atoms with Crippen LogP contribution in [0.15, 0.2) is 121 Å². The van der Waals surface area contributed by atoms with E-state index in [4.69, 9.17) is 47.3 Å². The molecular weight excluding hydrogens is 1070 g/mol. The van der Waals surface area contributed by atoms with Crippen molar-refractivity contribution in [1.82, 2.24) is 5.09 Å². The predicted molar refractivity (Wildman–Crippen MR) is 242 cm³/mol. The molecule has 0 saturated carbocycles. The predicted octanol–water partition coefficient (Wildman–Crippen LogP) is 12.9. The van der Waals surface area contributed by atoms with Crippen molar-refractivity contribution in [2.24, 2.45) is 5.73 Å². The first kappa shape index (κ1) is 61.1. The van der Waals surface area contributed by atoms with Gasteiger partial charge >= 0.3 is 25.8 Å². The summed E-state index contributed by atoms with van der Waals surface area (Å²) in [6, 6.07) is 31.6. The number of hydrogen-bond acceptors (Lipinski definition) is 11. The molecule has 0 aliphatic carbocycles. The molecule has 6 aromatic rings. The van der Waals surface area contributed by atoms with E-state index in [-0.39, 0.29) is 30.7 Å². The standard InChI is InChI=1S/C22H17F5NO5P.C10H13NO2.C6H5Cl2O2P.C6HF5O.ClH/c1-13(22(29)31-12-14-8-4-2-5-9-14)28-34(30,32-15-10-6-3-7-11-15)33-21-19(26)17(24)16(23)18(25)20(21)27;1-8(11)10(12)13-7-9-5-3-2-4-6-9;7-11(8,9)10-6-4-2-1-3-5-6;7-1-2(8)4(10)6(12)5(11)3(1)9;/h2-11,13H,12H2,1H3,(H,28,30);2-6,8H,7,11H2,1H3;1-5H;12H;1H/t13-,34?;8-;;;/m00.../s1. The van der Waals surface area contributed by atoms with Gasteiger partial charge in [-0.25, -0.2) is 35.5 Å². The number of ether oxygens (including phenoxy) is 2. The molecule has 0 saturated heterocycles. The summed E-state index contributed by atoms with van der Waals surface area (Å²) in [4.78, 5) is 23.3. The highest BCUT2D eigenvalue weighted by Crippen LogP contribution is 2.57. The minimum absolute atomic E-state index is 0. The van der Waals surface area contributed by atoms with Gasteiger partial charge in [-0.15, -0.1) is 12.4 Å². The third kappa shape index (κ3) is 19.6. The summed E-state index contributed by atoms with van der Waals surface area (Å²) in [5, 5.41) is 10.4. The largest absolute Gasteiger partial charge is 0.513 e. The Balaban J connectivity index is 0.000000380. The monoisotopic (exact) mass is 1110 g/mol. The Kier molecular flexibility index (Phi) is 24.8. The first-order valence-electron chi connectivity index (χ1n) is 19.3. The van der Waals surface area contributed by atoms with E-state index in [1.165, 1.54) is 31.2 Å². The van der Waals surface area contributed by atoms with Gasteiger partial charge < -0.3 is 33.9 Å². The van der Waals surface area contributed by atoms with Crippen LogP contribution in [0.5, 0.6) is 23.0 Å². The average Bonchev–Trinajstić information content (AvgIpc) is 3.34. The van der Waals surface area contributed by atoms with Crippen molar-refractivity contribution in [3.8, 4) is 23.0 Å². The Hall–Kier alpha value is -5.99. The third-order valence-electron chi connectivity index (χ3n) is 8.02. The van der Waals surface area contributed by atoms with Gasteiger partial charge in [0.05, 0.1) is 0 Å². The lowest BCUT2D eigenvalue weighted by Crippen LogP contribution is -2.36. The number of nitrogens with one attached hydrogen (secondary N) is 1. The van der Waals surface area contributed by atoms with Crippen molar-refractivity contribution >= 4 is 60.6 Å². The van der Waals surface area contributed by atoms with Crippen LogP contribution in [0, 0.1) is 58.2 Å². The highest BCUT2D eigenvalue weighted by atomic mass is 35.9. The SMILES string of the molecule is C[C@H](N)C(=O)OCc1ccccc1.C[C@H](NP(=O)(Oc1ccccc1)Oc1c(F)c(F)c(F)c(F)c1F)C(=O)OCc1ccccc1.Cl.O=P(Cl)(Cl)Oc1ccccc1.Oc1c(F)c(F)c(F)c(F)c1F. The van der Waals surface area contributed by atoms with Crippen LogP contribution in [0.4, 0.5) is 43.9 Å². The van der Waals surface area contributed by atoms with E-state index in [0.717, 1.165) is 5.56 Å². The van der Waals surface area contributed by atoms with Gasteiger partial charge in [0, 0.05) is 22.5 Å². The van der Waals surface area contributed by atoms with Crippen LogP contribution in [-0.4, -0.2) is 29.1 Å². The number of aromatic hydroxyl groups is 1. The number of nitrogens with two attached hydrogens (primary N) is 1. The van der Waals surface area contributed by atoms with Gasteiger partial charge in [-0.05, 0) is 49.2 Å². The van der Waals surface area contributed by atoms with Crippen LogP contribution in [-0.2, 0) is 41.4 Å². The summed E-state index contributed by atoms with van der Waals surface area (Å²) in [5.41, 5.74) is 6.94. The Morgan fingerprint density at radius 3 is 1.23 bits per heavy atom. The fourth-order valence-electron chi connectivity index (χ4n) is 4.68. The molecule has 6 aromatic carbocycles. The Bertz CT molecular complexity index is 2650. The summed E-state index contributed by atoms with van der Waals surface area (Å²) < 4.78 is 178. The fourth-order valence-corrected chi connectivity index (χ4v) is 7.05. The minimum atomic E-state index is -4.96. The van der Waals surface area contributed by atoms with E-state index in [0.29, 0.717) is 17.9 Å². The molecule has 0 radical (unpaired) electrons. The second-order valence-electron chi connectivity index (χ2n) is 13.5. The molecule has 0 fully saturated rings. The third-order valence-corrected chi connectivity index (χ3v) is 10.4. The summed E-state index contributed by atoms with van der Waals surface area (Å²) >= 11 is 10.3. The Morgan fingerprint density at radius 2 is 0.859 bits per heavy atom. The number of carbonyl (C=O) groups is 2. The van der Waals surface area contributed by atoms with Gasteiger partial charge in [-0.1, -0.05) is 97.1 Å². The molecule has 0 spiro atoms. The summed E-state index contributed by atoms with van der Waals surface area (Å²) in [6.07, 6.45) is -3.44. The van der Waals surface area contributed by atoms with Crippen LogP contribution in [0.25, 0.3) is 0 Å². The molecule has 6 rings (SSSR count). The lowest BCUT2D eigenvalue weighted by Gasteiger charge is -2.23. The Morgan fingerprint density at radius 1 is 0.535 bits per heavy atom. The molecule has 4 N–H and O–H groups in total. The van der Waals surface area contributed by atoms with Gasteiger partial charge in [0.15, 0.2) is 5.75 Å². The smallest absolute Gasteiger partial charge is 0.503 e. The van der Waals surface area contributed by atoms with Crippen LogP contribution < -0.4 is 24.4 Å². The second-order valence-corrected chi connectivity index (χ2v) is 19.3. The molecule has 0 aliphatic rings. The van der Waals surface area contributed by atoms with E-state index < -0.39 is 102 Å². The van der Waals surface area contributed by atoms with Crippen LogP contribution in [0.3, 0.4) is 0 Å². The van der Waals surface area contributed by atoms with E-state index in [2.05, 4.69) is 14.1 Å². The lowest BCUT2D eigenvalue weighted by atomic mass is 10.2. The molecule has 384 valence electrons. The molecule has 12 nitrogen and oxygen atoms in total. The van der Waals surface area contributed by atoms with E-state index in [9.17, 15) is 62.6 Å². The first-order chi connectivity index (χ1) is 32.9. The lowest BCUT2D eigenvalue weighted by molar-refractivity contribution is -0.147. The molecule has 0 heterocycles. The first-order valence-corrected chi connectivity index (χ1v) is 24.3. The van der Waals surface area contributed by atoms with Crippen molar-refractivity contribution < 1.29 is 90.8 Å². The number of phenols is 1. The van der Waals surface area contributed by atoms with E-state index >= 15 is 0 Å². The van der Waals surface area contributed by atoms with Gasteiger partial charge in [0.25, 0.3) is 0 Å². The number of benzene rings is 6. The van der Waals surface area contributed by atoms with E-state index in [1.807, 2.05) is 30.3 Å². The summed E-state index contributed by atoms with van der Waals surface area (Å²) in [7, 11) is -4.96. The molecule has 0 bridgehead atoms. The fraction of sp³-hybridized carbons (Fsp3) is 0.136. The van der Waals surface area contributed by atoms with Crippen molar-refractivity contribution in [3.63, 3.8) is 0 Å². The highest BCUT2D eigenvalue weighted by Gasteiger charge is 2.38. The Labute approximate surface area is 413 Å². The molecule has 0 amide bonds. The minimum Gasteiger partial charge on any atom is -0.503 e. The van der Waals surface area contributed by atoms with Crippen LogP contribution >= 0.6 is 48.7 Å². The van der Waals surface area contributed by atoms with Crippen molar-refractivity contribution in [2.45, 2.75) is 39.1 Å². The maximum Gasteiger partial charge on any atom is 0.513 e. The normalized spacial score (nSPS) is 12.2. The number of hydrogen-bond donors (Lipinski definition) is 3. The van der Waals surface area contributed by atoms with Crippen molar-refractivity contribution in [1.29, 1.82) is 0 Å². The molecule has 71 heavy (non-hydrogen) atoms. The van der Waals surface area contributed by atoms with Gasteiger partial charge in [0.2, 0.25) is 63.9 Å². The molecule has 0 aromatic heterocycles. The highest BCUT2D eigenvalue weighted by molar-refractivity contribution is 8.05. The van der Waals surface area contributed by atoms with Gasteiger partial charge in [0.1, 0.15) is 36.8 Å². The zero-order chi connectivity index (χ0) is 52.3. The molecular formula is C44H37Cl3F10N2O10P2. The maximum absolute atomic E-state index is 14.1. The summed E-state index contributed by atoms with van der Waals surface area (Å²) in [5.74, 6) is -27.6. The average molecular weight is 1110 g/mol. The number of esters is 2. The van der Waals surface area contributed by atoms with Crippen LogP contribution in [0.1, 0.15) is 25.0 Å². The number of carbonyl (C=O) groups excluding carboxylic acids is 2. The second kappa shape index (κ2) is 28.8. The zero-order valence-electron chi connectivity index (χ0n) is 36.2. The molecule has 3 atom stereocenters. The topological polar surface area (TPSA) is 173 Å². The quantitative estimate of drug-likeness (QED) is 0.0310. The maximum atomic E-state index is 14.1. The van der Waals surface area contributed by atoms with Gasteiger partial charge in [-0.3, -0.25) is 9.59 Å². The van der Waals surface area contributed by atoms with Gasteiger partial charge in [-0.2, -0.15) is 22.6 Å². The van der Waals surface area contributed by atoms with E-state index in [1.54, 1.807) is 73.7 Å². The van der Waals surface area contributed by atoms with Crippen LogP contribution in [0.2, 0.25) is 0 Å². The molecule has 0 aliphatic heterocycles. The number of phenolic OH excluding ortho intramolecular Hbond substituents is 1. The summed E-state index contributed by atoms with van der Waals surface area (Å²) in [6.45, 7) is 2.93. The number of rotatable bonds is 14. The molecule has 1 unspecified atom stereocenters. The molecule has 27 heteroatoms. The number of para-hydroxylation sites is 2. The van der Waals surface area contributed by atoms with Crippen molar-refractivity contribution in [2.75, 3.05) is 0 Å².